The van der Waals surface area contributed by atoms with Crippen LogP contribution in [0.25, 0.3) is 0 Å². The lowest BCUT2D eigenvalue weighted by Gasteiger charge is -2.26. The molecule has 1 nitrogen and oxygen atoms in total. The largest absolute Gasteiger partial charge is 0.381 e. The number of rotatable bonds is 2. The van der Waals surface area contributed by atoms with Crippen LogP contribution >= 0.6 is 11.6 Å². The van der Waals surface area contributed by atoms with E-state index in [2.05, 4.69) is 6.07 Å². The number of hydrogen-bond acceptors (Lipinski definition) is 1. The molecule has 0 aliphatic rings. The van der Waals surface area contributed by atoms with E-state index in [4.69, 9.17) is 11.6 Å². The SMILES string of the molecule is Cc1cc(C)cc(C(C)(O)c2ccccc2Cl)c1. The summed E-state index contributed by atoms with van der Waals surface area (Å²) in [5.41, 5.74) is 2.80. The highest BCUT2D eigenvalue weighted by Gasteiger charge is 2.27. The van der Waals surface area contributed by atoms with E-state index in [9.17, 15) is 5.11 Å². The fourth-order valence-electron chi connectivity index (χ4n) is 2.27. The molecule has 0 aliphatic carbocycles. The van der Waals surface area contributed by atoms with Gasteiger partial charge in [-0.15, -0.1) is 0 Å². The van der Waals surface area contributed by atoms with Gasteiger partial charge in [0.25, 0.3) is 0 Å². The molecule has 0 amide bonds. The van der Waals surface area contributed by atoms with Crippen molar-refractivity contribution in [1.82, 2.24) is 0 Å². The van der Waals surface area contributed by atoms with Gasteiger partial charge in [0, 0.05) is 10.6 Å². The summed E-state index contributed by atoms with van der Waals surface area (Å²) in [5, 5.41) is 11.4. The number of halogens is 1. The smallest absolute Gasteiger partial charge is 0.113 e. The average Bonchev–Trinajstić information content (AvgIpc) is 2.28. The zero-order chi connectivity index (χ0) is 13.3. The standard InChI is InChI=1S/C16H17ClO/c1-11-8-12(2)10-13(9-11)16(3,18)14-6-4-5-7-15(14)17/h4-10,18H,1-3H3. The molecule has 2 heteroatoms. The quantitative estimate of drug-likeness (QED) is 0.858. The Bertz CT molecular complexity index is 553. The van der Waals surface area contributed by atoms with Crippen LogP contribution in [0.4, 0.5) is 0 Å². The molecule has 18 heavy (non-hydrogen) atoms. The van der Waals surface area contributed by atoms with Gasteiger partial charge < -0.3 is 5.11 Å². The van der Waals surface area contributed by atoms with E-state index in [1.807, 2.05) is 44.2 Å². The van der Waals surface area contributed by atoms with Gasteiger partial charge in [0.15, 0.2) is 0 Å². The maximum atomic E-state index is 10.8. The Labute approximate surface area is 113 Å². The monoisotopic (exact) mass is 260 g/mol. The van der Waals surface area contributed by atoms with Crippen LogP contribution in [0.1, 0.15) is 29.2 Å². The molecule has 1 unspecified atom stereocenters. The summed E-state index contributed by atoms with van der Waals surface area (Å²) >= 11 is 6.18. The molecule has 0 fully saturated rings. The second kappa shape index (κ2) is 4.75. The Hall–Kier alpha value is -1.31. The van der Waals surface area contributed by atoms with E-state index >= 15 is 0 Å². The average molecular weight is 261 g/mol. The first-order valence-corrected chi connectivity index (χ1v) is 6.35. The Kier molecular flexibility index (Phi) is 3.47. The Morgan fingerprint density at radius 1 is 1.00 bits per heavy atom. The fourth-order valence-corrected chi connectivity index (χ4v) is 2.59. The van der Waals surface area contributed by atoms with Crippen molar-refractivity contribution in [3.8, 4) is 0 Å². The van der Waals surface area contributed by atoms with Crippen LogP contribution in [-0.2, 0) is 5.60 Å². The number of hydrogen-bond donors (Lipinski definition) is 1. The molecule has 2 aromatic rings. The minimum absolute atomic E-state index is 0.585. The van der Waals surface area contributed by atoms with Gasteiger partial charge >= 0.3 is 0 Å². The highest BCUT2D eigenvalue weighted by atomic mass is 35.5. The first kappa shape index (κ1) is 13.1. The number of aliphatic hydroxyl groups is 1. The Morgan fingerprint density at radius 3 is 2.11 bits per heavy atom. The molecule has 1 atom stereocenters. The molecule has 0 heterocycles. The molecular weight excluding hydrogens is 244 g/mol. The third-order valence-corrected chi connectivity index (χ3v) is 3.51. The van der Waals surface area contributed by atoms with Gasteiger partial charge in [0.1, 0.15) is 5.60 Å². The van der Waals surface area contributed by atoms with Gasteiger partial charge in [0.2, 0.25) is 0 Å². The van der Waals surface area contributed by atoms with Crippen molar-refractivity contribution >= 4 is 11.6 Å². The Balaban J connectivity index is 2.57. The molecule has 0 aliphatic heterocycles. The minimum Gasteiger partial charge on any atom is -0.381 e. The molecule has 2 aromatic carbocycles. The van der Waals surface area contributed by atoms with E-state index in [0.29, 0.717) is 5.02 Å². The summed E-state index contributed by atoms with van der Waals surface area (Å²) in [5.74, 6) is 0. The van der Waals surface area contributed by atoms with Crippen molar-refractivity contribution in [2.45, 2.75) is 26.4 Å². The zero-order valence-corrected chi connectivity index (χ0v) is 11.6. The molecular formula is C16H17ClO. The van der Waals surface area contributed by atoms with Crippen LogP contribution in [0.5, 0.6) is 0 Å². The van der Waals surface area contributed by atoms with Gasteiger partial charge in [-0.25, -0.2) is 0 Å². The van der Waals surface area contributed by atoms with Crippen LogP contribution in [-0.4, -0.2) is 5.11 Å². The molecule has 2 rings (SSSR count). The molecule has 0 saturated heterocycles. The second-order valence-corrected chi connectivity index (χ2v) is 5.34. The summed E-state index contributed by atoms with van der Waals surface area (Å²) in [6.45, 7) is 5.83. The maximum Gasteiger partial charge on any atom is 0.113 e. The van der Waals surface area contributed by atoms with E-state index in [1.54, 1.807) is 13.0 Å². The summed E-state index contributed by atoms with van der Waals surface area (Å²) in [6.07, 6.45) is 0. The van der Waals surface area contributed by atoms with E-state index in [1.165, 1.54) is 0 Å². The minimum atomic E-state index is -1.07. The lowest BCUT2D eigenvalue weighted by molar-refractivity contribution is 0.102. The predicted octanol–water partition coefficient (Wildman–Crippen LogP) is 4.21. The summed E-state index contributed by atoms with van der Waals surface area (Å²) in [7, 11) is 0. The first-order valence-electron chi connectivity index (χ1n) is 5.97. The van der Waals surface area contributed by atoms with E-state index in [-0.39, 0.29) is 0 Å². The summed E-state index contributed by atoms with van der Waals surface area (Å²) in [6, 6.07) is 13.5. The van der Waals surface area contributed by atoms with Crippen molar-refractivity contribution < 1.29 is 5.11 Å². The van der Waals surface area contributed by atoms with E-state index in [0.717, 1.165) is 22.3 Å². The second-order valence-electron chi connectivity index (χ2n) is 4.93. The number of benzene rings is 2. The van der Waals surface area contributed by atoms with Crippen molar-refractivity contribution in [1.29, 1.82) is 0 Å². The lowest BCUT2D eigenvalue weighted by Crippen LogP contribution is -2.23. The molecule has 1 N–H and O–H groups in total. The number of aryl methyl sites for hydroxylation is 2. The molecule has 0 bridgehead atoms. The van der Waals surface area contributed by atoms with Gasteiger partial charge in [-0.05, 0) is 32.4 Å². The zero-order valence-electron chi connectivity index (χ0n) is 10.9. The van der Waals surface area contributed by atoms with Crippen LogP contribution in [0.15, 0.2) is 42.5 Å². The highest BCUT2D eigenvalue weighted by molar-refractivity contribution is 6.31. The lowest BCUT2D eigenvalue weighted by atomic mass is 9.86. The van der Waals surface area contributed by atoms with Crippen LogP contribution in [0.3, 0.4) is 0 Å². The Morgan fingerprint density at radius 2 is 1.56 bits per heavy atom. The van der Waals surface area contributed by atoms with Gasteiger partial charge in [-0.2, -0.15) is 0 Å². The van der Waals surface area contributed by atoms with Gasteiger partial charge in [-0.3, -0.25) is 0 Å². The van der Waals surface area contributed by atoms with Crippen molar-refractivity contribution in [2.75, 3.05) is 0 Å². The van der Waals surface area contributed by atoms with Crippen molar-refractivity contribution in [3.63, 3.8) is 0 Å². The third-order valence-electron chi connectivity index (χ3n) is 3.18. The molecule has 0 saturated carbocycles. The topological polar surface area (TPSA) is 20.2 Å². The summed E-state index contributed by atoms with van der Waals surface area (Å²) in [4.78, 5) is 0. The third kappa shape index (κ3) is 2.43. The fraction of sp³-hybridized carbons (Fsp3) is 0.250. The van der Waals surface area contributed by atoms with Crippen molar-refractivity contribution in [3.05, 3.63) is 69.7 Å². The predicted molar refractivity (Wildman–Crippen MR) is 76.0 cm³/mol. The van der Waals surface area contributed by atoms with Crippen molar-refractivity contribution in [2.24, 2.45) is 0 Å². The van der Waals surface area contributed by atoms with E-state index < -0.39 is 5.60 Å². The maximum absolute atomic E-state index is 10.8. The molecule has 0 radical (unpaired) electrons. The van der Waals surface area contributed by atoms with Gasteiger partial charge in [0.05, 0.1) is 0 Å². The van der Waals surface area contributed by atoms with Crippen LogP contribution < -0.4 is 0 Å². The van der Waals surface area contributed by atoms with Gasteiger partial charge in [-0.1, -0.05) is 59.1 Å². The van der Waals surface area contributed by atoms with Crippen LogP contribution in [0.2, 0.25) is 5.02 Å². The first-order chi connectivity index (χ1) is 8.41. The molecule has 94 valence electrons. The van der Waals surface area contributed by atoms with Crippen LogP contribution in [0, 0.1) is 13.8 Å². The summed E-state index contributed by atoms with van der Waals surface area (Å²) < 4.78 is 0. The molecule has 0 aromatic heterocycles. The molecule has 0 spiro atoms. The highest BCUT2D eigenvalue weighted by Crippen LogP contribution is 2.34. The normalized spacial score (nSPS) is 14.3.